The van der Waals surface area contributed by atoms with Crippen molar-refractivity contribution in [3.05, 3.63) is 65.2 Å². The van der Waals surface area contributed by atoms with Crippen LogP contribution >= 0.6 is 0 Å². The molecule has 150 valence electrons. The number of urea groups is 1. The topological polar surface area (TPSA) is 35.6 Å². The van der Waals surface area contributed by atoms with E-state index in [-0.39, 0.29) is 6.03 Å². The minimum absolute atomic E-state index is 0.0219. The second kappa shape index (κ2) is 9.74. The number of benzene rings is 2. The van der Waals surface area contributed by atoms with Gasteiger partial charge in [-0.3, -0.25) is 0 Å². The van der Waals surface area contributed by atoms with Gasteiger partial charge in [-0.1, -0.05) is 42.5 Å². The zero-order valence-electron chi connectivity index (χ0n) is 17.4. The van der Waals surface area contributed by atoms with Crippen LogP contribution in [-0.2, 0) is 6.42 Å². The van der Waals surface area contributed by atoms with Gasteiger partial charge in [0.05, 0.1) is 0 Å². The zero-order valence-corrected chi connectivity index (χ0v) is 17.4. The summed E-state index contributed by atoms with van der Waals surface area (Å²) >= 11 is 0. The van der Waals surface area contributed by atoms with Crippen molar-refractivity contribution < 1.29 is 4.79 Å². The van der Waals surface area contributed by atoms with Crippen molar-refractivity contribution in [3.8, 4) is 0 Å². The Morgan fingerprint density at radius 3 is 2.57 bits per heavy atom. The molecule has 3 rings (SSSR count). The van der Waals surface area contributed by atoms with Crippen molar-refractivity contribution in [3.63, 3.8) is 0 Å². The van der Waals surface area contributed by atoms with E-state index < -0.39 is 0 Å². The van der Waals surface area contributed by atoms with Crippen LogP contribution < -0.4 is 5.32 Å². The van der Waals surface area contributed by atoms with E-state index in [1.165, 1.54) is 30.5 Å². The van der Waals surface area contributed by atoms with Crippen LogP contribution in [0.1, 0.15) is 29.5 Å². The molecule has 2 aromatic rings. The van der Waals surface area contributed by atoms with Gasteiger partial charge in [-0.05, 0) is 68.3 Å². The summed E-state index contributed by atoms with van der Waals surface area (Å²) in [4.78, 5) is 17.0. The molecule has 1 N–H and O–H groups in total. The van der Waals surface area contributed by atoms with Crippen LogP contribution in [-0.4, -0.2) is 49.1 Å². The first-order chi connectivity index (χ1) is 13.5. The number of carbonyl (C=O) groups is 1. The van der Waals surface area contributed by atoms with Gasteiger partial charge in [0.25, 0.3) is 0 Å². The quantitative estimate of drug-likeness (QED) is 0.788. The third kappa shape index (κ3) is 5.59. The monoisotopic (exact) mass is 379 g/mol. The second-order valence-corrected chi connectivity index (χ2v) is 8.11. The lowest BCUT2D eigenvalue weighted by atomic mass is 9.97. The predicted octanol–water partition coefficient (Wildman–Crippen LogP) is 4.72. The molecule has 28 heavy (non-hydrogen) atoms. The number of hydrogen-bond donors (Lipinski definition) is 1. The van der Waals surface area contributed by atoms with Gasteiger partial charge in [0, 0.05) is 32.4 Å². The molecule has 4 nitrogen and oxygen atoms in total. The molecule has 0 unspecified atom stereocenters. The molecule has 1 heterocycles. The number of nitrogens with one attached hydrogen (secondary N) is 1. The third-order valence-corrected chi connectivity index (χ3v) is 5.83. The van der Waals surface area contributed by atoms with Crippen LogP contribution in [0.2, 0.25) is 0 Å². The molecular formula is C24H33N3O. The van der Waals surface area contributed by atoms with Gasteiger partial charge >= 0.3 is 6.03 Å². The standard InChI is InChI=1S/C24H33N3O/c1-19-9-4-6-12-22(19)14-16-27-15-8-11-21(18-27)17-26(3)24(28)25-23-13-7-5-10-20(23)2/h4-7,9-10,12-13,21H,8,11,14-18H2,1-3H3,(H,25,28)/t21-/m0/s1. The Morgan fingerprint density at radius 1 is 1.11 bits per heavy atom. The molecule has 0 aromatic heterocycles. The van der Waals surface area contributed by atoms with E-state index in [4.69, 9.17) is 0 Å². The Balaban J connectivity index is 1.48. The number of rotatable bonds is 6. The number of nitrogens with zero attached hydrogens (tertiary/aromatic N) is 2. The summed E-state index contributed by atoms with van der Waals surface area (Å²) < 4.78 is 0. The van der Waals surface area contributed by atoms with Crippen molar-refractivity contribution >= 4 is 11.7 Å². The molecule has 4 heteroatoms. The molecule has 0 saturated carbocycles. The van der Waals surface area contributed by atoms with Crippen LogP contribution in [0.15, 0.2) is 48.5 Å². The smallest absolute Gasteiger partial charge is 0.321 e. The van der Waals surface area contributed by atoms with Crippen LogP contribution in [0.3, 0.4) is 0 Å². The molecule has 1 saturated heterocycles. The summed E-state index contributed by atoms with van der Waals surface area (Å²) in [5.74, 6) is 0.540. The molecule has 2 amide bonds. The highest BCUT2D eigenvalue weighted by Crippen LogP contribution is 2.19. The first-order valence-electron chi connectivity index (χ1n) is 10.4. The normalized spacial score (nSPS) is 17.3. The van der Waals surface area contributed by atoms with Crippen molar-refractivity contribution in [1.29, 1.82) is 0 Å². The number of aryl methyl sites for hydroxylation is 2. The zero-order chi connectivity index (χ0) is 19.9. The fourth-order valence-electron chi connectivity index (χ4n) is 4.07. The molecular weight excluding hydrogens is 346 g/mol. The second-order valence-electron chi connectivity index (χ2n) is 8.11. The lowest BCUT2D eigenvalue weighted by Crippen LogP contribution is -2.43. The molecule has 0 bridgehead atoms. The first kappa shape index (κ1) is 20.4. The number of anilines is 1. The Labute approximate surface area is 169 Å². The summed E-state index contributed by atoms with van der Waals surface area (Å²) in [7, 11) is 1.90. The van der Waals surface area contributed by atoms with Crippen molar-refractivity contribution in [2.24, 2.45) is 5.92 Å². The average Bonchev–Trinajstić information content (AvgIpc) is 2.69. The number of likely N-dealkylation sites (tertiary alicyclic amines) is 1. The predicted molar refractivity (Wildman–Crippen MR) is 117 cm³/mol. The van der Waals surface area contributed by atoms with Crippen LogP contribution in [0.4, 0.5) is 10.5 Å². The van der Waals surface area contributed by atoms with Crippen molar-refractivity contribution in [2.75, 3.05) is 38.5 Å². The van der Waals surface area contributed by atoms with E-state index in [0.717, 1.165) is 37.3 Å². The fourth-order valence-corrected chi connectivity index (χ4v) is 4.07. The highest BCUT2D eigenvalue weighted by atomic mass is 16.2. The number of hydrogen-bond acceptors (Lipinski definition) is 2. The molecule has 1 atom stereocenters. The van der Waals surface area contributed by atoms with Crippen molar-refractivity contribution in [2.45, 2.75) is 33.1 Å². The summed E-state index contributed by atoms with van der Waals surface area (Å²) in [6, 6.07) is 16.6. The van der Waals surface area contributed by atoms with Gasteiger partial charge in [-0.15, -0.1) is 0 Å². The molecule has 2 aromatic carbocycles. The average molecular weight is 380 g/mol. The largest absolute Gasteiger partial charge is 0.327 e. The van der Waals surface area contributed by atoms with Crippen LogP contribution in [0.5, 0.6) is 0 Å². The van der Waals surface area contributed by atoms with Gasteiger partial charge in [0.1, 0.15) is 0 Å². The SMILES string of the molecule is Cc1ccccc1CCN1CCC[C@@H](CN(C)C(=O)Nc2ccccc2C)C1. The lowest BCUT2D eigenvalue weighted by molar-refractivity contribution is 0.150. The van der Waals surface area contributed by atoms with E-state index >= 15 is 0 Å². The van der Waals surface area contributed by atoms with Gasteiger partial charge in [0.15, 0.2) is 0 Å². The maximum atomic E-state index is 12.6. The number of para-hydroxylation sites is 1. The maximum absolute atomic E-state index is 12.6. The summed E-state index contributed by atoms with van der Waals surface area (Å²) in [6.45, 7) is 8.36. The maximum Gasteiger partial charge on any atom is 0.321 e. The van der Waals surface area contributed by atoms with Crippen LogP contribution in [0, 0.1) is 19.8 Å². The Bertz CT molecular complexity index is 789. The molecule has 1 aliphatic heterocycles. The Morgan fingerprint density at radius 2 is 1.82 bits per heavy atom. The number of piperidine rings is 1. The lowest BCUT2D eigenvalue weighted by Gasteiger charge is -2.34. The van der Waals surface area contributed by atoms with E-state index in [9.17, 15) is 4.79 Å². The highest BCUT2D eigenvalue weighted by molar-refractivity contribution is 5.89. The van der Waals surface area contributed by atoms with Gasteiger partial charge in [0.2, 0.25) is 0 Å². The summed E-state index contributed by atoms with van der Waals surface area (Å²) in [5.41, 5.74) is 4.80. The van der Waals surface area contributed by atoms with Crippen molar-refractivity contribution in [1.82, 2.24) is 9.80 Å². The van der Waals surface area contributed by atoms with E-state index in [1.807, 2.05) is 43.1 Å². The number of carbonyl (C=O) groups excluding carboxylic acids is 1. The third-order valence-electron chi connectivity index (χ3n) is 5.83. The van der Waals surface area contributed by atoms with E-state index in [0.29, 0.717) is 5.92 Å². The number of amides is 2. The van der Waals surface area contributed by atoms with Crippen LogP contribution in [0.25, 0.3) is 0 Å². The Kier molecular flexibility index (Phi) is 7.10. The molecule has 0 aliphatic carbocycles. The fraction of sp³-hybridized carbons (Fsp3) is 0.458. The summed E-state index contributed by atoms with van der Waals surface area (Å²) in [5, 5.41) is 3.04. The highest BCUT2D eigenvalue weighted by Gasteiger charge is 2.22. The van der Waals surface area contributed by atoms with Gasteiger partial charge in [-0.2, -0.15) is 0 Å². The molecule has 1 aliphatic rings. The van der Waals surface area contributed by atoms with E-state index in [1.54, 1.807) is 0 Å². The molecule has 0 spiro atoms. The summed E-state index contributed by atoms with van der Waals surface area (Å²) in [6.07, 6.45) is 3.51. The Hall–Kier alpha value is -2.33. The minimum Gasteiger partial charge on any atom is -0.327 e. The molecule has 0 radical (unpaired) electrons. The van der Waals surface area contributed by atoms with E-state index in [2.05, 4.69) is 41.4 Å². The van der Waals surface area contributed by atoms with Gasteiger partial charge in [-0.25, -0.2) is 4.79 Å². The van der Waals surface area contributed by atoms with Gasteiger partial charge < -0.3 is 15.1 Å². The first-order valence-corrected chi connectivity index (χ1v) is 10.4. The minimum atomic E-state index is -0.0219. The molecule has 1 fully saturated rings.